The number of rotatable bonds is 7. The minimum absolute atomic E-state index is 0.154. The lowest BCUT2D eigenvalue weighted by Gasteiger charge is -2.42. The summed E-state index contributed by atoms with van der Waals surface area (Å²) in [4.78, 5) is 11.1. The van der Waals surface area contributed by atoms with Crippen molar-refractivity contribution in [2.24, 2.45) is 0 Å². The van der Waals surface area contributed by atoms with E-state index in [0.29, 0.717) is 12.0 Å². The van der Waals surface area contributed by atoms with Crippen molar-refractivity contribution in [2.45, 2.75) is 97.2 Å². The Bertz CT molecular complexity index is 997. The van der Waals surface area contributed by atoms with Crippen molar-refractivity contribution in [3.05, 3.63) is 76.4 Å². The van der Waals surface area contributed by atoms with Crippen LogP contribution < -0.4 is 0 Å². The summed E-state index contributed by atoms with van der Waals surface area (Å²) < 4.78 is 0. The van der Waals surface area contributed by atoms with Crippen LogP contribution in [0.1, 0.15) is 111 Å². The molecule has 186 valence electrons. The van der Waals surface area contributed by atoms with Gasteiger partial charge in [-0.25, -0.2) is 4.79 Å². The SMILES string of the molecule is C=C(c1ccc(C(=O)O)cc1)c1cc2c(cc1C)C(C)(C)CCC2(C)C.CCCCCC(O)O. The molecule has 0 atom stereocenters. The van der Waals surface area contributed by atoms with Gasteiger partial charge < -0.3 is 15.3 Å². The molecule has 0 aliphatic heterocycles. The highest BCUT2D eigenvalue weighted by molar-refractivity contribution is 5.89. The van der Waals surface area contributed by atoms with E-state index in [-0.39, 0.29) is 10.8 Å². The second-order valence-electron chi connectivity index (χ2n) is 10.8. The molecule has 3 rings (SSSR count). The summed E-state index contributed by atoms with van der Waals surface area (Å²) in [5.74, 6) is -0.906. The lowest BCUT2D eigenvalue weighted by atomic mass is 9.62. The van der Waals surface area contributed by atoms with Crippen LogP contribution in [0.25, 0.3) is 5.57 Å². The molecule has 0 saturated heterocycles. The summed E-state index contributed by atoms with van der Waals surface area (Å²) in [6.07, 6.45) is 4.95. The molecule has 4 nitrogen and oxygen atoms in total. The third kappa shape index (κ3) is 6.80. The van der Waals surface area contributed by atoms with E-state index in [9.17, 15) is 4.79 Å². The molecule has 0 aromatic heterocycles. The molecule has 1 aliphatic carbocycles. The summed E-state index contributed by atoms with van der Waals surface area (Å²) in [7, 11) is 0. The van der Waals surface area contributed by atoms with Gasteiger partial charge in [-0.2, -0.15) is 0 Å². The van der Waals surface area contributed by atoms with E-state index in [1.807, 2.05) is 12.1 Å². The summed E-state index contributed by atoms with van der Waals surface area (Å²) in [5, 5.41) is 25.8. The zero-order valence-corrected chi connectivity index (χ0v) is 21.7. The predicted molar refractivity (Wildman–Crippen MR) is 140 cm³/mol. The summed E-state index contributed by atoms with van der Waals surface area (Å²) >= 11 is 0. The van der Waals surface area contributed by atoms with E-state index < -0.39 is 12.3 Å². The van der Waals surface area contributed by atoms with Crippen LogP contribution >= 0.6 is 0 Å². The van der Waals surface area contributed by atoms with E-state index >= 15 is 0 Å². The highest BCUT2D eigenvalue weighted by atomic mass is 16.5. The predicted octanol–water partition coefficient (Wildman–Crippen LogP) is 6.98. The van der Waals surface area contributed by atoms with Crippen LogP contribution in [0.15, 0.2) is 43.0 Å². The van der Waals surface area contributed by atoms with Gasteiger partial charge in [-0.3, -0.25) is 0 Å². The largest absolute Gasteiger partial charge is 0.478 e. The molecule has 0 heterocycles. The van der Waals surface area contributed by atoms with Crippen molar-refractivity contribution < 1.29 is 20.1 Å². The Kier molecular flexibility index (Phi) is 9.27. The van der Waals surface area contributed by atoms with E-state index in [0.717, 1.165) is 36.0 Å². The number of carboxylic acids is 1. The average molecular weight is 467 g/mol. The number of fused-ring (bicyclic) bond motifs is 1. The van der Waals surface area contributed by atoms with Crippen LogP contribution in [0.3, 0.4) is 0 Å². The molecule has 34 heavy (non-hydrogen) atoms. The maximum absolute atomic E-state index is 11.1. The van der Waals surface area contributed by atoms with Crippen molar-refractivity contribution in [3.8, 4) is 0 Å². The normalized spacial score (nSPS) is 15.8. The van der Waals surface area contributed by atoms with Gasteiger partial charge in [0.05, 0.1) is 5.56 Å². The maximum atomic E-state index is 11.1. The lowest BCUT2D eigenvalue weighted by Crippen LogP contribution is -2.34. The Hall–Kier alpha value is -2.43. The highest BCUT2D eigenvalue weighted by Gasteiger charge is 2.37. The molecule has 0 spiro atoms. The minimum atomic E-state index is -1.10. The molecule has 0 radical (unpaired) electrons. The highest BCUT2D eigenvalue weighted by Crippen LogP contribution is 2.47. The number of aromatic carboxylic acids is 1. The van der Waals surface area contributed by atoms with Crippen LogP contribution in [0.5, 0.6) is 0 Å². The zero-order valence-electron chi connectivity index (χ0n) is 21.7. The summed E-state index contributed by atoms with van der Waals surface area (Å²) in [6.45, 7) is 17.9. The Labute approximate surface area is 205 Å². The molecule has 2 aromatic rings. The van der Waals surface area contributed by atoms with Crippen LogP contribution in [0, 0.1) is 6.92 Å². The summed E-state index contributed by atoms with van der Waals surface area (Å²) in [5.41, 5.74) is 7.79. The quantitative estimate of drug-likeness (QED) is 0.304. The smallest absolute Gasteiger partial charge is 0.335 e. The molecule has 4 heteroatoms. The Morgan fingerprint density at radius 1 is 0.941 bits per heavy atom. The Balaban J connectivity index is 0.000000440. The van der Waals surface area contributed by atoms with Gasteiger partial charge in [-0.15, -0.1) is 0 Å². The van der Waals surface area contributed by atoms with Gasteiger partial charge >= 0.3 is 5.97 Å². The number of unbranched alkanes of at least 4 members (excludes halogenated alkanes) is 2. The summed E-state index contributed by atoms with van der Waals surface area (Å²) in [6, 6.07) is 11.6. The standard InChI is InChI=1S/C24H28O2.C6H14O2/c1-15-13-20-21(24(5,6)12-11-23(20,3)4)14-19(15)16(2)17-7-9-18(10-8-17)22(25)26;1-2-3-4-5-6(7)8/h7-10,13-14H,2,11-12H2,1,3-6H3,(H,25,26);6-8H,2-5H2,1H3. The van der Waals surface area contributed by atoms with Gasteiger partial charge in [0, 0.05) is 0 Å². The topological polar surface area (TPSA) is 77.8 Å². The molecule has 0 amide bonds. The molecule has 0 fully saturated rings. The van der Waals surface area contributed by atoms with Crippen LogP contribution in [0.4, 0.5) is 0 Å². The number of aryl methyl sites for hydroxylation is 1. The molecule has 1 aliphatic rings. The number of carboxylic acid groups (broad SMARTS) is 1. The minimum Gasteiger partial charge on any atom is -0.478 e. The number of benzene rings is 2. The fourth-order valence-electron chi connectivity index (χ4n) is 4.59. The van der Waals surface area contributed by atoms with E-state index in [1.165, 1.54) is 29.5 Å². The second kappa shape index (κ2) is 11.3. The Morgan fingerprint density at radius 3 is 1.91 bits per heavy atom. The van der Waals surface area contributed by atoms with Gasteiger partial charge in [0.25, 0.3) is 0 Å². The molecule has 0 saturated carbocycles. The van der Waals surface area contributed by atoms with Gasteiger partial charge in [0.2, 0.25) is 0 Å². The maximum Gasteiger partial charge on any atom is 0.335 e. The molecular formula is C30H42O4. The van der Waals surface area contributed by atoms with Crippen molar-refractivity contribution in [1.29, 1.82) is 0 Å². The van der Waals surface area contributed by atoms with E-state index in [4.69, 9.17) is 15.3 Å². The first kappa shape index (κ1) is 27.8. The fourth-order valence-corrected chi connectivity index (χ4v) is 4.59. The first-order valence-corrected chi connectivity index (χ1v) is 12.3. The number of hydrogen-bond donors (Lipinski definition) is 3. The van der Waals surface area contributed by atoms with Crippen molar-refractivity contribution in [2.75, 3.05) is 0 Å². The van der Waals surface area contributed by atoms with Crippen molar-refractivity contribution in [1.82, 2.24) is 0 Å². The fraction of sp³-hybridized carbons (Fsp3) is 0.500. The monoisotopic (exact) mass is 466 g/mol. The molecule has 2 aromatic carbocycles. The first-order chi connectivity index (χ1) is 15.8. The Morgan fingerprint density at radius 2 is 1.44 bits per heavy atom. The zero-order chi connectivity index (χ0) is 25.7. The average Bonchev–Trinajstić information content (AvgIpc) is 2.77. The van der Waals surface area contributed by atoms with Crippen LogP contribution in [0.2, 0.25) is 0 Å². The number of aliphatic hydroxyl groups is 2. The van der Waals surface area contributed by atoms with E-state index in [2.05, 4.69) is 60.3 Å². The number of hydrogen-bond acceptors (Lipinski definition) is 3. The van der Waals surface area contributed by atoms with Gasteiger partial charge in [-0.05, 0) is 89.0 Å². The van der Waals surface area contributed by atoms with E-state index in [1.54, 1.807) is 12.1 Å². The number of aliphatic hydroxyl groups excluding tert-OH is 1. The van der Waals surface area contributed by atoms with Crippen LogP contribution in [-0.2, 0) is 10.8 Å². The molecule has 0 bridgehead atoms. The molecular weight excluding hydrogens is 424 g/mol. The van der Waals surface area contributed by atoms with Gasteiger partial charge in [-0.1, -0.05) is 78.3 Å². The third-order valence-corrected chi connectivity index (χ3v) is 7.07. The number of carbonyl (C=O) groups is 1. The second-order valence-corrected chi connectivity index (χ2v) is 10.8. The van der Waals surface area contributed by atoms with Crippen LogP contribution in [-0.4, -0.2) is 27.6 Å². The van der Waals surface area contributed by atoms with Crippen molar-refractivity contribution >= 4 is 11.5 Å². The van der Waals surface area contributed by atoms with Crippen molar-refractivity contribution in [3.63, 3.8) is 0 Å². The first-order valence-electron chi connectivity index (χ1n) is 12.3. The van der Waals surface area contributed by atoms with Gasteiger partial charge in [0.1, 0.15) is 0 Å². The third-order valence-electron chi connectivity index (χ3n) is 7.07. The molecule has 3 N–H and O–H groups in total. The van der Waals surface area contributed by atoms with Gasteiger partial charge in [0.15, 0.2) is 6.29 Å². The molecule has 0 unspecified atom stereocenters. The lowest BCUT2D eigenvalue weighted by molar-refractivity contribution is -0.0465.